The lowest BCUT2D eigenvalue weighted by atomic mass is 10.1. The Labute approximate surface area is 107 Å². The van der Waals surface area contributed by atoms with Gasteiger partial charge in [0.25, 0.3) is 0 Å². The molecule has 0 spiro atoms. The number of benzene rings is 1. The smallest absolute Gasteiger partial charge is 0.208 e. The van der Waals surface area contributed by atoms with Crippen LogP contribution in [0, 0.1) is 0 Å². The predicted octanol–water partition coefficient (Wildman–Crippen LogP) is 2.79. The molecule has 0 aliphatic carbocycles. The van der Waals surface area contributed by atoms with Gasteiger partial charge in [0.1, 0.15) is 11.5 Å². The molecular weight excluding hydrogens is 228 g/mol. The molecule has 18 heavy (non-hydrogen) atoms. The standard InChI is InChI=1S/C14H18N2O2/c1-3-13-8-16-14(18-13)9-15-10(2)11-4-6-12(17)7-5-11/h4-8,10,15,17H,3,9H2,1-2H3. The van der Waals surface area contributed by atoms with Crippen LogP contribution in [-0.2, 0) is 13.0 Å². The van der Waals surface area contributed by atoms with Crippen molar-refractivity contribution in [3.05, 3.63) is 47.7 Å². The van der Waals surface area contributed by atoms with Crippen LogP contribution in [0.4, 0.5) is 0 Å². The van der Waals surface area contributed by atoms with Gasteiger partial charge in [0, 0.05) is 12.5 Å². The average Bonchev–Trinajstić information content (AvgIpc) is 2.85. The van der Waals surface area contributed by atoms with Crippen LogP contribution >= 0.6 is 0 Å². The van der Waals surface area contributed by atoms with Crippen molar-refractivity contribution >= 4 is 0 Å². The molecule has 1 aromatic heterocycles. The van der Waals surface area contributed by atoms with Gasteiger partial charge < -0.3 is 14.8 Å². The van der Waals surface area contributed by atoms with Crippen molar-refractivity contribution in [1.82, 2.24) is 10.3 Å². The Morgan fingerprint density at radius 2 is 2.06 bits per heavy atom. The second kappa shape index (κ2) is 5.69. The minimum Gasteiger partial charge on any atom is -0.508 e. The quantitative estimate of drug-likeness (QED) is 0.851. The highest BCUT2D eigenvalue weighted by atomic mass is 16.4. The first kappa shape index (κ1) is 12.6. The van der Waals surface area contributed by atoms with E-state index in [1.807, 2.05) is 19.1 Å². The molecule has 1 heterocycles. The third-order valence-corrected chi connectivity index (χ3v) is 2.90. The topological polar surface area (TPSA) is 58.3 Å². The van der Waals surface area contributed by atoms with Gasteiger partial charge in [0.15, 0.2) is 0 Å². The molecule has 4 heteroatoms. The van der Waals surface area contributed by atoms with E-state index < -0.39 is 0 Å². The van der Waals surface area contributed by atoms with Crippen LogP contribution in [0.5, 0.6) is 5.75 Å². The Morgan fingerprint density at radius 1 is 1.33 bits per heavy atom. The van der Waals surface area contributed by atoms with Crippen molar-refractivity contribution in [3.63, 3.8) is 0 Å². The molecule has 0 bridgehead atoms. The fraction of sp³-hybridized carbons (Fsp3) is 0.357. The Balaban J connectivity index is 1.91. The number of hydrogen-bond acceptors (Lipinski definition) is 4. The summed E-state index contributed by atoms with van der Waals surface area (Å²) >= 11 is 0. The Morgan fingerprint density at radius 3 is 2.67 bits per heavy atom. The van der Waals surface area contributed by atoms with Gasteiger partial charge in [0.05, 0.1) is 12.7 Å². The van der Waals surface area contributed by atoms with Gasteiger partial charge in [-0.2, -0.15) is 0 Å². The molecule has 1 unspecified atom stereocenters. The van der Waals surface area contributed by atoms with E-state index in [9.17, 15) is 5.11 Å². The lowest BCUT2D eigenvalue weighted by molar-refractivity contribution is 0.424. The molecule has 2 aromatic rings. The third kappa shape index (κ3) is 3.11. The minimum atomic E-state index is 0.183. The van der Waals surface area contributed by atoms with E-state index in [1.54, 1.807) is 18.3 Å². The van der Waals surface area contributed by atoms with Crippen LogP contribution in [0.2, 0.25) is 0 Å². The molecule has 1 atom stereocenters. The first-order valence-electron chi connectivity index (χ1n) is 6.15. The van der Waals surface area contributed by atoms with E-state index in [0.717, 1.165) is 17.7 Å². The maximum absolute atomic E-state index is 9.23. The summed E-state index contributed by atoms with van der Waals surface area (Å²) in [6, 6.07) is 7.37. The van der Waals surface area contributed by atoms with Gasteiger partial charge >= 0.3 is 0 Å². The van der Waals surface area contributed by atoms with Crippen molar-refractivity contribution in [2.24, 2.45) is 0 Å². The molecule has 2 N–H and O–H groups in total. The number of hydrogen-bond donors (Lipinski definition) is 2. The number of oxazole rings is 1. The summed E-state index contributed by atoms with van der Waals surface area (Å²) in [5.41, 5.74) is 1.12. The molecule has 0 aliphatic rings. The monoisotopic (exact) mass is 246 g/mol. The summed E-state index contributed by atoms with van der Waals surface area (Å²) in [7, 11) is 0. The van der Waals surface area contributed by atoms with Crippen LogP contribution in [0.3, 0.4) is 0 Å². The number of phenols is 1. The Bertz CT molecular complexity index is 491. The molecular formula is C14H18N2O2. The fourth-order valence-corrected chi connectivity index (χ4v) is 1.71. The SMILES string of the molecule is CCc1cnc(CNC(C)c2ccc(O)cc2)o1. The summed E-state index contributed by atoms with van der Waals surface area (Å²) in [4.78, 5) is 4.20. The number of nitrogens with one attached hydrogen (secondary N) is 1. The number of aromatic hydroxyl groups is 1. The lowest BCUT2D eigenvalue weighted by Crippen LogP contribution is -2.18. The molecule has 0 aliphatic heterocycles. The van der Waals surface area contributed by atoms with Gasteiger partial charge in [-0.1, -0.05) is 19.1 Å². The van der Waals surface area contributed by atoms with Crippen LogP contribution in [-0.4, -0.2) is 10.1 Å². The maximum atomic E-state index is 9.23. The van der Waals surface area contributed by atoms with Crippen molar-refractivity contribution in [2.45, 2.75) is 32.9 Å². The Kier molecular flexibility index (Phi) is 3.99. The molecule has 0 fully saturated rings. The highest BCUT2D eigenvalue weighted by molar-refractivity contribution is 5.27. The molecule has 0 saturated carbocycles. The lowest BCUT2D eigenvalue weighted by Gasteiger charge is -2.12. The number of aryl methyl sites for hydroxylation is 1. The summed E-state index contributed by atoms with van der Waals surface area (Å²) in [5, 5.41) is 12.6. The van der Waals surface area contributed by atoms with Crippen LogP contribution < -0.4 is 5.32 Å². The van der Waals surface area contributed by atoms with Crippen molar-refractivity contribution in [2.75, 3.05) is 0 Å². The number of phenolic OH excluding ortho intramolecular Hbond substituents is 1. The zero-order valence-corrected chi connectivity index (χ0v) is 10.7. The fourth-order valence-electron chi connectivity index (χ4n) is 1.71. The van der Waals surface area contributed by atoms with E-state index in [1.165, 1.54) is 0 Å². The summed E-state index contributed by atoms with van der Waals surface area (Å²) in [6.45, 7) is 4.70. The van der Waals surface area contributed by atoms with Gasteiger partial charge in [-0.3, -0.25) is 0 Å². The van der Waals surface area contributed by atoms with Crippen LogP contribution in [0.25, 0.3) is 0 Å². The summed E-state index contributed by atoms with van der Waals surface area (Å²) in [5.74, 6) is 1.90. The number of aromatic nitrogens is 1. The van der Waals surface area contributed by atoms with E-state index in [0.29, 0.717) is 12.4 Å². The molecule has 0 amide bonds. The van der Waals surface area contributed by atoms with E-state index >= 15 is 0 Å². The number of rotatable bonds is 5. The van der Waals surface area contributed by atoms with Gasteiger partial charge in [-0.25, -0.2) is 4.98 Å². The molecule has 2 rings (SSSR count). The van der Waals surface area contributed by atoms with Gasteiger partial charge in [-0.15, -0.1) is 0 Å². The van der Waals surface area contributed by atoms with Crippen LogP contribution in [0.15, 0.2) is 34.9 Å². The normalized spacial score (nSPS) is 12.6. The minimum absolute atomic E-state index is 0.183. The van der Waals surface area contributed by atoms with E-state index in [4.69, 9.17) is 4.42 Å². The number of nitrogens with zero attached hydrogens (tertiary/aromatic N) is 1. The highest BCUT2D eigenvalue weighted by Crippen LogP contribution is 2.16. The summed E-state index contributed by atoms with van der Waals surface area (Å²) < 4.78 is 5.52. The molecule has 1 aromatic carbocycles. The highest BCUT2D eigenvalue weighted by Gasteiger charge is 2.07. The van der Waals surface area contributed by atoms with Gasteiger partial charge in [0.2, 0.25) is 5.89 Å². The average molecular weight is 246 g/mol. The molecule has 0 saturated heterocycles. The van der Waals surface area contributed by atoms with Crippen molar-refractivity contribution < 1.29 is 9.52 Å². The second-order valence-corrected chi connectivity index (χ2v) is 4.27. The largest absolute Gasteiger partial charge is 0.508 e. The van der Waals surface area contributed by atoms with E-state index in [-0.39, 0.29) is 11.8 Å². The molecule has 0 radical (unpaired) electrons. The first-order chi connectivity index (χ1) is 8.69. The van der Waals surface area contributed by atoms with Gasteiger partial charge in [-0.05, 0) is 24.6 Å². The zero-order valence-electron chi connectivity index (χ0n) is 10.7. The Hall–Kier alpha value is -1.81. The molecule has 4 nitrogen and oxygen atoms in total. The van der Waals surface area contributed by atoms with Crippen LogP contribution in [0.1, 0.15) is 37.1 Å². The predicted molar refractivity (Wildman–Crippen MR) is 69.2 cm³/mol. The zero-order chi connectivity index (χ0) is 13.0. The summed E-state index contributed by atoms with van der Waals surface area (Å²) in [6.07, 6.45) is 2.63. The first-order valence-corrected chi connectivity index (χ1v) is 6.15. The third-order valence-electron chi connectivity index (χ3n) is 2.90. The van der Waals surface area contributed by atoms with Crippen molar-refractivity contribution in [3.8, 4) is 5.75 Å². The van der Waals surface area contributed by atoms with Crippen molar-refractivity contribution in [1.29, 1.82) is 0 Å². The maximum Gasteiger partial charge on any atom is 0.208 e. The van der Waals surface area contributed by atoms with E-state index in [2.05, 4.69) is 17.2 Å². The molecule has 96 valence electrons. The second-order valence-electron chi connectivity index (χ2n) is 4.27.